The minimum atomic E-state index is -0.422. The summed E-state index contributed by atoms with van der Waals surface area (Å²) < 4.78 is 25.9. The number of hydrogen-bond acceptors (Lipinski definition) is 2. The van der Waals surface area contributed by atoms with Crippen LogP contribution in [0.2, 0.25) is 0 Å². The quantitative estimate of drug-likeness (QED) is 0.710. The average Bonchev–Trinajstić information content (AvgIpc) is 2.23. The van der Waals surface area contributed by atoms with Crippen LogP contribution in [0.1, 0.15) is 12.8 Å². The van der Waals surface area contributed by atoms with Gasteiger partial charge in [-0.2, -0.15) is 0 Å². The summed E-state index contributed by atoms with van der Waals surface area (Å²) in [7, 11) is 1.89. The van der Waals surface area contributed by atoms with Crippen LogP contribution in [0.3, 0.4) is 0 Å². The summed E-state index contributed by atoms with van der Waals surface area (Å²) in [5.74, 6) is -0.834. The molecule has 1 aromatic rings. The van der Waals surface area contributed by atoms with Crippen LogP contribution in [0.5, 0.6) is 0 Å². The number of halogens is 2. The Morgan fingerprint density at radius 2 is 1.87 bits per heavy atom. The van der Waals surface area contributed by atoms with Gasteiger partial charge in [0, 0.05) is 6.54 Å². The summed E-state index contributed by atoms with van der Waals surface area (Å²) in [5, 5.41) is 5.89. The molecule has 0 amide bonds. The lowest BCUT2D eigenvalue weighted by atomic mass is 10.2. The monoisotopic (exact) mass is 214 g/mol. The summed E-state index contributed by atoms with van der Waals surface area (Å²) >= 11 is 0. The van der Waals surface area contributed by atoms with Gasteiger partial charge in [0.1, 0.15) is 11.6 Å². The van der Waals surface area contributed by atoms with Gasteiger partial charge >= 0.3 is 0 Å². The second kappa shape index (κ2) is 6.35. The fourth-order valence-electron chi connectivity index (χ4n) is 1.28. The van der Waals surface area contributed by atoms with E-state index in [0.29, 0.717) is 6.54 Å². The molecule has 0 aromatic heterocycles. The van der Waals surface area contributed by atoms with Crippen molar-refractivity contribution in [3.63, 3.8) is 0 Å². The molecule has 1 rings (SSSR count). The van der Waals surface area contributed by atoms with Crippen LogP contribution in [-0.4, -0.2) is 20.1 Å². The molecule has 4 heteroatoms. The predicted octanol–water partition coefficient (Wildman–Crippen LogP) is 2.38. The molecule has 0 saturated carbocycles. The number of nitrogens with one attached hydrogen (secondary N) is 2. The molecule has 0 spiro atoms. The standard InChI is InChI=1S/C11H16F2N2/c1-14-6-2-3-7-15-11-8-9(12)4-5-10(11)13/h4-5,8,14-15H,2-3,6-7H2,1H3. The first kappa shape index (κ1) is 11.9. The molecular formula is C11H16F2N2. The van der Waals surface area contributed by atoms with Crippen LogP contribution >= 0.6 is 0 Å². The van der Waals surface area contributed by atoms with E-state index in [1.54, 1.807) is 0 Å². The van der Waals surface area contributed by atoms with E-state index in [2.05, 4.69) is 10.6 Å². The zero-order valence-corrected chi connectivity index (χ0v) is 8.82. The van der Waals surface area contributed by atoms with Crippen molar-refractivity contribution in [1.82, 2.24) is 5.32 Å². The molecular weight excluding hydrogens is 198 g/mol. The van der Waals surface area contributed by atoms with Gasteiger partial charge in [0.15, 0.2) is 0 Å². The Morgan fingerprint density at radius 1 is 1.13 bits per heavy atom. The number of rotatable bonds is 6. The molecule has 1 aromatic carbocycles. The molecule has 0 aliphatic heterocycles. The summed E-state index contributed by atoms with van der Waals surface area (Å²) in [6.07, 6.45) is 1.94. The zero-order chi connectivity index (χ0) is 11.1. The number of unbranched alkanes of at least 4 members (excludes halogenated alkanes) is 1. The third-order valence-corrected chi connectivity index (χ3v) is 2.10. The molecule has 15 heavy (non-hydrogen) atoms. The van der Waals surface area contributed by atoms with Crippen LogP contribution in [0.25, 0.3) is 0 Å². The average molecular weight is 214 g/mol. The van der Waals surface area contributed by atoms with Crippen molar-refractivity contribution in [2.24, 2.45) is 0 Å². The first-order valence-electron chi connectivity index (χ1n) is 5.07. The van der Waals surface area contributed by atoms with E-state index < -0.39 is 11.6 Å². The van der Waals surface area contributed by atoms with Crippen LogP contribution in [0, 0.1) is 11.6 Å². The van der Waals surface area contributed by atoms with Gasteiger partial charge in [0.05, 0.1) is 5.69 Å². The second-order valence-electron chi connectivity index (χ2n) is 3.36. The first-order chi connectivity index (χ1) is 7.24. The number of hydrogen-bond donors (Lipinski definition) is 2. The lowest BCUT2D eigenvalue weighted by Gasteiger charge is -2.07. The lowest BCUT2D eigenvalue weighted by Crippen LogP contribution is -2.10. The molecule has 0 atom stereocenters. The Hall–Kier alpha value is -1.16. The van der Waals surface area contributed by atoms with E-state index in [1.165, 1.54) is 6.07 Å². The Bertz CT molecular complexity index is 303. The third-order valence-electron chi connectivity index (χ3n) is 2.10. The maximum Gasteiger partial charge on any atom is 0.146 e. The minimum Gasteiger partial charge on any atom is -0.383 e. The van der Waals surface area contributed by atoms with Crippen molar-refractivity contribution < 1.29 is 8.78 Å². The van der Waals surface area contributed by atoms with E-state index in [9.17, 15) is 8.78 Å². The lowest BCUT2D eigenvalue weighted by molar-refractivity contribution is 0.601. The van der Waals surface area contributed by atoms with Crippen molar-refractivity contribution in [3.05, 3.63) is 29.8 Å². The van der Waals surface area contributed by atoms with Gasteiger partial charge < -0.3 is 10.6 Å². The Labute approximate surface area is 88.7 Å². The highest BCUT2D eigenvalue weighted by atomic mass is 19.1. The molecule has 84 valence electrons. The fourth-order valence-corrected chi connectivity index (χ4v) is 1.28. The summed E-state index contributed by atoms with van der Waals surface area (Å²) in [4.78, 5) is 0. The van der Waals surface area contributed by atoms with E-state index >= 15 is 0 Å². The van der Waals surface area contributed by atoms with Crippen LogP contribution < -0.4 is 10.6 Å². The van der Waals surface area contributed by atoms with Gasteiger partial charge in [0.2, 0.25) is 0 Å². The molecule has 0 unspecified atom stereocenters. The molecule has 0 saturated heterocycles. The number of anilines is 1. The highest BCUT2D eigenvalue weighted by Crippen LogP contribution is 2.14. The van der Waals surface area contributed by atoms with E-state index in [4.69, 9.17) is 0 Å². The van der Waals surface area contributed by atoms with E-state index in [0.717, 1.165) is 31.5 Å². The second-order valence-corrected chi connectivity index (χ2v) is 3.36. The largest absolute Gasteiger partial charge is 0.383 e. The van der Waals surface area contributed by atoms with Gasteiger partial charge in [-0.25, -0.2) is 8.78 Å². The maximum atomic E-state index is 13.1. The molecule has 0 fully saturated rings. The molecule has 2 N–H and O–H groups in total. The molecule has 0 bridgehead atoms. The van der Waals surface area contributed by atoms with Crippen molar-refractivity contribution >= 4 is 5.69 Å². The normalized spacial score (nSPS) is 10.3. The van der Waals surface area contributed by atoms with Gasteiger partial charge in [-0.15, -0.1) is 0 Å². The van der Waals surface area contributed by atoms with Crippen molar-refractivity contribution in [3.8, 4) is 0 Å². The van der Waals surface area contributed by atoms with E-state index in [-0.39, 0.29) is 5.69 Å². The van der Waals surface area contributed by atoms with Crippen LogP contribution in [0.4, 0.5) is 14.5 Å². The topological polar surface area (TPSA) is 24.1 Å². The number of benzene rings is 1. The van der Waals surface area contributed by atoms with Crippen LogP contribution in [-0.2, 0) is 0 Å². The summed E-state index contributed by atoms with van der Waals surface area (Å²) in [5.41, 5.74) is 0.236. The van der Waals surface area contributed by atoms with Crippen molar-refractivity contribution in [2.75, 3.05) is 25.5 Å². The molecule has 2 nitrogen and oxygen atoms in total. The van der Waals surface area contributed by atoms with Gasteiger partial charge in [-0.3, -0.25) is 0 Å². The molecule has 0 aliphatic carbocycles. The smallest absolute Gasteiger partial charge is 0.146 e. The van der Waals surface area contributed by atoms with E-state index in [1.807, 2.05) is 7.05 Å². The Balaban J connectivity index is 2.33. The van der Waals surface area contributed by atoms with Gasteiger partial charge in [-0.05, 0) is 44.6 Å². The highest BCUT2D eigenvalue weighted by molar-refractivity contribution is 5.44. The maximum absolute atomic E-state index is 13.1. The highest BCUT2D eigenvalue weighted by Gasteiger charge is 2.01. The first-order valence-corrected chi connectivity index (χ1v) is 5.07. The Morgan fingerprint density at radius 3 is 2.60 bits per heavy atom. The fraction of sp³-hybridized carbons (Fsp3) is 0.455. The van der Waals surface area contributed by atoms with Gasteiger partial charge in [0.25, 0.3) is 0 Å². The van der Waals surface area contributed by atoms with Crippen molar-refractivity contribution in [2.45, 2.75) is 12.8 Å². The van der Waals surface area contributed by atoms with Gasteiger partial charge in [-0.1, -0.05) is 0 Å². The predicted molar refractivity (Wildman–Crippen MR) is 58.0 cm³/mol. The summed E-state index contributed by atoms with van der Waals surface area (Å²) in [6, 6.07) is 3.42. The summed E-state index contributed by atoms with van der Waals surface area (Å²) in [6.45, 7) is 1.59. The van der Waals surface area contributed by atoms with Crippen molar-refractivity contribution in [1.29, 1.82) is 0 Å². The zero-order valence-electron chi connectivity index (χ0n) is 8.82. The Kier molecular flexibility index (Phi) is 5.04. The van der Waals surface area contributed by atoms with Crippen LogP contribution in [0.15, 0.2) is 18.2 Å². The molecule has 0 radical (unpaired) electrons. The minimum absolute atomic E-state index is 0.236. The molecule has 0 heterocycles. The third kappa shape index (κ3) is 4.25. The molecule has 0 aliphatic rings. The SMILES string of the molecule is CNCCCCNc1cc(F)ccc1F.